The highest BCUT2D eigenvalue weighted by Crippen LogP contribution is 2.34. The average Bonchev–Trinajstić information content (AvgIpc) is 3.05. The van der Waals surface area contributed by atoms with E-state index in [1.54, 1.807) is 19.1 Å². The molecular weight excluding hydrogens is 485 g/mol. The van der Waals surface area contributed by atoms with Crippen LogP contribution in [0.15, 0.2) is 41.3 Å². The summed E-state index contributed by atoms with van der Waals surface area (Å²) in [5.74, 6) is -0.772. The number of alkyl halides is 3. The number of imide groups is 1. The lowest BCUT2D eigenvalue weighted by atomic mass is 10.2. The first-order chi connectivity index (χ1) is 15.6. The van der Waals surface area contributed by atoms with Crippen molar-refractivity contribution in [3.8, 4) is 11.5 Å². The summed E-state index contributed by atoms with van der Waals surface area (Å²) in [6.45, 7) is 1.48. The molecule has 0 atom stereocenters. The van der Waals surface area contributed by atoms with Crippen LogP contribution in [0.25, 0.3) is 6.08 Å². The Kier molecular flexibility index (Phi) is 7.54. The summed E-state index contributed by atoms with van der Waals surface area (Å²) in [4.78, 5) is 35.4. The second kappa shape index (κ2) is 10.2. The van der Waals surface area contributed by atoms with Crippen molar-refractivity contribution >= 4 is 52.2 Å². The molecule has 2 N–H and O–H groups in total. The molecule has 33 heavy (non-hydrogen) atoms. The molecule has 2 aromatic carbocycles. The van der Waals surface area contributed by atoms with E-state index in [-0.39, 0.29) is 33.7 Å². The summed E-state index contributed by atoms with van der Waals surface area (Å²) in [5.41, 5.74) is -0.602. The highest BCUT2D eigenvalue weighted by Gasteiger charge is 2.31. The number of ether oxygens (including phenoxy) is 2. The minimum Gasteiger partial charge on any atom is -0.490 e. The van der Waals surface area contributed by atoms with Gasteiger partial charge in [0.2, 0.25) is 0 Å². The molecule has 0 aromatic heterocycles. The number of hydrogen-bond donors (Lipinski definition) is 2. The number of nitrogens with one attached hydrogen (secondary N) is 2. The third-order valence-electron chi connectivity index (χ3n) is 4.13. The Labute approximate surface area is 195 Å². The van der Waals surface area contributed by atoms with E-state index in [0.717, 1.165) is 30.0 Å². The van der Waals surface area contributed by atoms with E-state index >= 15 is 0 Å². The number of anilines is 1. The fourth-order valence-corrected chi connectivity index (χ4v) is 3.55. The zero-order chi connectivity index (χ0) is 24.2. The molecule has 2 aromatic rings. The van der Waals surface area contributed by atoms with E-state index in [0.29, 0.717) is 5.56 Å². The largest absolute Gasteiger partial charge is 0.490 e. The smallest absolute Gasteiger partial charge is 0.416 e. The van der Waals surface area contributed by atoms with Gasteiger partial charge < -0.3 is 14.8 Å². The van der Waals surface area contributed by atoms with Crippen molar-refractivity contribution in [2.24, 2.45) is 0 Å². The molecule has 0 unspecified atom stereocenters. The molecule has 0 spiro atoms. The summed E-state index contributed by atoms with van der Waals surface area (Å²) < 4.78 is 49.6. The molecule has 1 fully saturated rings. The number of benzene rings is 2. The average molecular weight is 501 g/mol. The lowest BCUT2D eigenvalue weighted by Crippen LogP contribution is -2.21. The van der Waals surface area contributed by atoms with Crippen molar-refractivity contribution in [1.82, 2.24) is 5.32 Å². The molecule has 174 valence electrons. The van der Waals surface area contributed by atoms with Gasteiger partial charge in [-0.2, -0.15) is 13.2 Å². The lowest BCUT2D eigenvalue weighted by molar-refractivity contribution is -0.137. The highest BCUT2D eigenvalue weighted by atomic mass is 35.5. The second-order valence-corrected chi connectivity index (χ2v) is 7.94. The molecule has 1 heterocycles. The number of thioether (sulfide) groups is 1. The second-order valence-electron chi connectivity index (χ2n) is 6.52. The Hall–Kier alpha value is -3.18. The van der Waals surface area contributed by atoms with Crippen LogP contribution in [0.5, 0.6) is 11.5 Å². The minimum atomic E-state index is -4.59. The predicted molar refractivity (Wildman–Crippen MR) is 117 cm³/mol. The molecule has 7 nitrogen and oxygen atoms in total. The Bertz CT molecular complexity index is 1140. The molecule has 1 aliphatic rings. The SMILES string of the molecule is CCOc1cc(C=C2SC(=O)NC2=O)ccc1OCC(=O)Nc1cc(C(F)(F)F)ccc1Cl. The van der Waals surface area contributed by atoms with Gasteiger partial charge in [-0.1, -0.05) is 17.7 Å². The predicted octanol–water partition coefficient (Wildman–Crippen LogP) is 5.10. The lowest BCUT2D eigenvalue weighted by Gasteiger charge is -2.14. The summed E-state index contributed by atoms with van der Waals surface area (Å²) in [6.07, 6.45) is -3.09. The maximum atomic E-state index is 12.9. The molecule has 0 aliphatic carbocycles. The summed E-state index contributed by atoms with van der Waals surface area (Å²) in [7, 11) is 0. The first-order valence-electron chi connectivity index (χ1n) is 9.38. The fraction of sp³-hybridized carbons (Fsp3) is 0.190. The number of amides is 3. The fourth-order valence-electron chi connectivity index (χ4n) is 2.70. The van der Waals surface area contributed by atoms with Crippen molar-refractivity contribution in [2.45, 2.75) is 13.1 Å². The third-order valence-corrected chi connectivity index (χ3v) is 5.27. The van der Waals surface area contributed by atoms with Gasteiger partial charge in [0.05, 0.1) is 27.8 Å². The Morgan fingerprint density at radius 1 is 1.15 bits per heavy atom. The molecule has 12 heteroatoms. The quantitative estimate of drug-likeness (QED) is 0.514. The van der Waals surface area contributed by atoms with E-state index in [1.165, 1.54) is 12.1 Å². The maximum Gasteiger partial charge on any atom is 0.416 e. The Morgan fingerprint density at radius 2 is 1.91 bits per heavy atom. The van der Waals surface area contributed by atoms with Crippen LogP contribution in [-0.2, 0) is 15.8 Å². The number of carbonyl (C=O) groups is 3. The van der Waals surface area contributed by atoms with Gasteiger partial charge in [-0.05, 0) is 60.7 Å². The first-order valence-corrected chi connectivity index (χ1v) is 10.6. The van der Waals surface area contributed by atoms with Crippen LogP contribution in [0.2, 0.25) is 5.02 Å². The van der Waals surface area contributed by atoms with Gasteiger partial charge >= 0.3 is 6.18 Å². The number of halogens is 4. The van der Waals surface area contributed by atoms with Crippen LogP contribution in [0.4, 0.5) is 23.7 Å². The molecular formula is C21H16ClF3N2O5S. The molecule has 1 saturated heterocycles. The molecule has 0 radical (unpaired) electrons. The van der Waals surface area contributed by atoms with Crippen molar-refractivity contribution in [3.05, 3.63) is 57.5 Å². The molecule has 3 amide bonds. The molecule has 0 bridgehead atoms. The van der Waals surface area contributed by atoms with Crippen LogP contribution in [0, 0.1) is 0 Å². The van der Waals surface area contributed by atoms with Gasteiger partial charge in [0.25, 0.3) is 17.1 Å². The number of rotatable bonds is 7. The van der Waals surface area contributed by atoms with Gasteiger partial charge in [-0.15, -0.1) is 0 Å². The zero-order valence-electron chi connectivity index (χ0n) is 16.9. The van der Waals surface area contributed by atoms with Gasteiger partial charge in [0.1, 0.15) is 0 Å². The van der Waals surface area contributed by atoms with E-state index in [9.17, 15) is 27.6 Å². The summed E-state index contributed by atoms with van der Waals surface area (Å²) in [5, 5.41) is 3.91. The first kappa shape index (κ1) is 24.5. The van der Waals surface area contributed by atoms with Crippen molar-refractivity contribution in [2.75, 3.05) is 18.5 Å². The van der Waals surface area contributed by atoms with E-state index in [1.807, 2.05) is 0 Å². The highest BCUT2D eigenvalue weighted by molar-refractivity contribution is 8.18. The minimum absolute atomic E-state index is 0.0592. The van der Waals surface area contributed by atoms with Crippen LogP contribution in [0.3, 0.4) is 0 Å². The van der Waals surface area contributed by atoms with Crippen LogP contribution in [0.1, 0.15) is 18.1 Å². The third kappa shape index (κ3) is 6.42. The van der Waals surface area contributed by atoms with Crippen molar-refractivity contribution in [3.63, 3.8) is 0 Å². The zero-order valence-corrected chi connectivity index (χ0v) is 18.5. The van der Waals surface area contributed by atoms with Crippen molar-refractivity contribution < 1.29 is 37.0 Å². The van der Waals surface area contributed by atoms with Crippen LogP contribution < -0.4 is 20.1 Å². The number of hydrogen-bond acceptors (Lipinski definition) is 6. The van der Waals surface area contributed by atoms with E-state index < -0.39 is 35.4 Å². The standard InChI is InChI=1S/C21H16ClF3N2O5S/c1-2-31-16-7-11(8-17-19(29)27-20(30)33-17)3-6-15(16)32-10-18(28)26-14-9-12(21(23,24)25)4-5-13(14)22/h3-9H,2,10H2,1H3,(H,26,28)(H,27,29,30). The summed E-state index contributed by atoms with van der Waals surface area (Å²) >= 11 is 6.65. The molecule has 3 rings (SSSR count). The van der Waals surface area contributed by atoms with E-state index in [2.05, 4.69) is 10.6 Å². The van der Waals surface area contributed by atoms with Gasteiger partial charge in [-0.3, -0.25) is 19.7 Å². The van der Waals surface area contributed by atoms with Crippen molar-refractivity contribution in [1.29, 1.82) is 0 Å². The monoisotopic (exact) mass is 500 g/mol. The molecule has 1 aliphatic heterocycles. The maximum absolute atomic E-state index is 12.9. The Balaban J connectivity index is 1.70. The normalized spacial score (nSPS) is 14.9. The van der Waals surface area contributed by atoms with E-state index in [4.69, 9.17) is 21.1 Å². The number of carbonyl (C=O) groups excluding carboxylic acids is 3. The van der Waals surface area contributed by atoms with Crippen LogP contribution >= 0.6 is 23.4 Å². The van der Waals surface area contributed by atoms with Gasteiger partial charge in [0, 0.05) is 0 Å². The van der Waals surface area contributed by atoms with Gasteiger partial charge in [0.15, 0.2) is 18.1 Å². The van der Waals surface area contributed by atoms with Gasteiger partial charge in [-0.25, -0.2) is 0 Å². The van der Waals surface area contributed by atoms with Crippen LogP contribution in [-0.4, -0.2) is 30.3 Å². The summed E-state index contributed by atoms with van der Waals surface area (Å²) in [6, 6.07) is 7.23. The molecule has 0 saturated carbocycles. The Morgan fingerprint density at radius 3 is 2.55 bits per heavy atom. The topological polar surface area (TPSA) is 93.7 Å².